The molecule has 4 nitrogen and oxygen atoms in total. The Morgan fingerprint density at radius 3 is 2.48 bits per heavy atom. The van der Waals surface area contributed by atoms with Crippen LogP contribution >= 0.6 is 15.9 Å². The van der Waals surface area contributed by atoms with Crippen molar-refractivity contribution in [3.63, 3.8) is 0 Å². The Hall–Kier alpha value is -2.08. The highest BCUT2D eigenvalue weighted by atomic mass is 79.9. The van der Waals surface area contributed by atoms with Gasteiger partial charge in [-0.05, 0) is 40.2 Å². The summed E-state index contributed by atoms with van der Waals surface area (Å²) in [5.74, 6) is -0.818. The van der Waals surface area contributed by atoms with Crippen molar-refractivity contribution in [2.24, 2.45) is 0 Å². The molecule has 2 rings (SSSR count). The van der Waals surface area contributed by atoms with E-state index in [-0.39, 0.29) is 24.5 Å². The van der Waals surface area contributed by atoms with E-state index in [0.29, 0.717) is 10.2 Å². The maximum Gasteiger partial charge on any atom is 0.339 e. The molecule has 0 saturated heterocycles. The molecule has 1 N–H and O–H groups in total. The van der Waals surface area contributed by atoms with Crippen LogP contribution in [-0.2, 0) is 0 Å². The zero-order chi connectivity index (χ0) is 15.2. The minimum absolute atomic E-state index is 0.0874. The minimum atomic E-state index is -1.06. The van der Waals surface area contributed by atoms with Gasteiger partial charge in [0.05, 0.1) is 4.47 Å². The monoisotopic (exact) mass is 354 g/mol. The molecule has 0 heterocycles. The Kier molecular flexibility index (Phi) is 5.16. The Labute approximate surface area is 129 Å². The van der Waals surface area contributed by atoms with Gasteiger partial charge >= 0.3 is 5.97 Å². The summed E-state index contributed by atoms with van der Waals surface area (Å²) in [6, 6.07) is 10.5. The normalized spacial score (nSPS) is 10.2. The summed E-state index contributed by atoms with van der Waals surface area (Å²) in [4.78, 5) is 11.0. The van der Waals surface area contributed by atoms with Gasteiger partial charge < -0.3 is 14.6 Å². The highest BCUT2D eigenvalue weighted by Gasteiger charge is 2.10. The van der Waals surface area contributed by atoms with E-state index in [2.05, 4.69) is 15.9 Å². The molecule has 0 unspecified atom stereocenters. The fourth-order valence-electron chi connectivity index (χ4n) is 1.66. The summed E-state index contributed by atoms with van der Waals surface area (Å²) >= 11 is 3.25. The first-order valence-electron chi connectivity index (χ1n) is 6.11. The summed E-state index contributed by atoms with van der Waals surface area (Å²) in [5.41, 5.74) is 0.0874. The Bertz CT molecular complexity index is 645. The standard InChI is InChI=1S/C15H12BrFO4/c16-12-6-5-10(17)9-14(12)21-8-7-20-13-4-2-1-3-11(13)15(18)19/h1-6,9H,7-8H2,(H,18,19). The maximum atomic E-state index is 13.1. The van der Waals surface area contributed by atoms with Gasteiger partial charge in [0.2, 0.25) is 0 Å². The molecule has 21 heavy (non-hydrogen) atoms. The first kappa shape index (κ1) is 15.3. The average Bonchev–Trinajstić information content (AvgIpc) is 2.47. The molecule has 2 aromatic carbocycles. The highest BCUT2D eigenvalue weighted by Crippen LogP contribution is 2.25. The second kappa shape index (κ2) is 7.08. The van der Waals surface area contributed by atoms with Crippen LogP contribution in [0.3, 0.4) is 0 Å². The van der Waals surface area contributed by atoms with Gasteiger partial charge in [0, 0.05) is 6.07 Å². The summed E-state index contributed by atoms with van der Waals surface area (Å²) in [6.07, 6.45) is 0. The maximum absolute atomic E-state index is 13.1. The van der Waals surface area contributed by atoms with E-state index in [1.165, 1.54) is 18.2 Å². The van der Waals surface area contributed by atoms with Crippen molar-refractivity contribution in [3.8, 4) is 11.5 Å². The number of carboxylic acid groups (broad SMARTS) is 1. The van der Waals surface area contributed by atoms with E-state index in [0.717, 1.165) is 0 Å². The third-order valence-corrected chi connectivity index (χ3v) is 3.26. The van der Waals surface area contributed by atoms with Crippen LogP contribution in [0, 0.1) is 5.82 Å². The van der Waals surface area contributed by atoms with Crippen LogP contribution in [-0.4, -0.2) is 24.3 Å². The summed E-state index contributed by atoms with van der Waals surface area (Å²) < 4.78 is 24.5. The number of hydrogen-bond donors (Lipinski definition) is 1. The Morgan fingerprint density at radius 2 is 1.76 bits per heavy atom. The number of ether oxygens (including phenoxy) is 2. The largest absolute Gasteiger partial charge is 0.489 e. The molecule has 6 heteroatoms. The van der Waals surface area contributed by atoms with Gasteiger partial charge in [-0.1, -0.05) is 12.1 Å². The lowest BCUT2D eigenvalue weighted by Crippen LogP contribution is -2.11. The zero-order valence-electron chi connectivity index (χ0n) is 10.9. The van der Waals surface area contributed by atoms with Crippen LogP contribution in [0.4, 0.5) is 4.39 Å². The van der Waals surface area contributed by atoms with E-state index < -0.39 is 11.8 Å². The molecule has 0 amide bonds. The number of para-hydroxylation sites is 1. The first-order chi connectivity index (χ1) is 10.1. The fraction of sp³-hybridized carbons (Fsp3) is 0.133. The molecule has 0 aliphatic heterocycles. The molecule has 2 aromatic rings. The van der Waals surface area contributed by atoms with Gasteiger partial charge in [-0.25, -0.2) is 9.18 Å². The number of hydrogen-bond acceptors (Lipinski definition) is 3. The number of benzene rings is 2. The summed E-state index contributed by atoms with van der Waals surface area (Å²) in [5, 5.41) is 9.01. The molecular formula is C15H12BrFO4. The lowest BCUT2D eigenvalue weighted by molar-refractivity contribution is 0.0691. The van der Waals surface area contributed by atoms with E-state index in [1.807, 2.05) is 0 Å². The molecular weight excluding hydrogens is 343 g/mol. The quantitative estimate of drug-likeness (QED) is 0.802. The Morgan fingerprint density at radius 1 is 1.10 bits per heavy atom. The molecule has 110 valence electrons. The molecule has 0 saturated carbocycles. The molecule has 0 spiro atoms. The second-order valence-electron chi connectivity index (χ2n) is 4.07. The second-order valence-corrected chi connectivity index (χ2v) is 4.93. The van der Waals surface area contributed by atoms with Gasteiger partial charge in [0.25, 0.3) is 0 Å². The van der Waals surface area contributed by atoms with Gasteiger partial charge in [-0.3, -0.25) is 0 Å². The van der Waals surface area contributed by atoms with E-state index in [9.17, 15) is 9.18 Å². The number of halogens is 2. The smallest absolute Gasteiger partial charge is 0.339 e. The molecule has 0 radical (unpaired) electrons. The first-order valence-corrected chi connectivity index (χ1v) is 6.90. The van der Waals surface area contributed by atoms with Crippen LogP contribution < -0.4 is 9.47 Å². The number of carboxylic acids is 1. The summed E-state index contributed by atoms with van der Waals surface area (Å²) in [6.45, 7) is 0.309. The lowest BCUT2D eigenvalue weighted by atomic mass is 10.2. The van der Waals surface area contributed by atoms with Gasteiger partial charge in [0.1, 0.15) is 36.1 Å². The number of carbonyl (C=O) groups is 1. The van der Waals surface area contributed by atoms with Crippen LogP contribution in [0.25, 0.3) is 0 Å². The number of rotatable bonds is 6. The molecule has 0 bridgehead atoms. The highest BCUT2D eigenvalue weighted by molar-refractivity contribution is 9.10. The van der Waals surface area contributed by atoms with Crippen LogP contribution in [0.1, 0.15) is 10.4 Å². The van der Waals surface area contributed by atoms with Gasteiger partial charge in [0.15, 0.2) is 0 Å². The van der Waals surface area contributed by atoms with Crippen molar-refractivity contribution >= 4 is 21.9 Å². The molecule has 0 aliphatic rings. The van der Waals surface area contributed by atoms with Crippen LogP contribution in [0.2, 0.25) is 0 Å². The van der Waals surface area contributed by atoms with Crippen molar-refractivity contribution in [2.45, 2.75) is 0 Å². The topological polar surface area (TPSA) is 55.8 Å². The molecule has 0 aliphatic carbocycles. The van der Waals surface area contributed by atoms with E-state index >= 15 is 0 Å². The SMILES string of the molecule is O=C(O)c1ccccc1OCCOc1cc(F)ccc1Br. The third-order valence-electron chi connectivity index (χ3n) is 2.61. The number of aromatic carboxylic acids is 1. The van der Waals surface area contributed by atoms with Crippen molar-refractivity contribution < 1.29 is 23.8 Å². The van der Waals surface area contributed by atoms with Crippen molar-refractivity contribution in [2.75, 3.05) is 13.2 Å². The van der Waals surface area contributed by atoms with Crippen molar-refractivity contribution in [3.05, 3.63) is 58.3 Å². The van der Waals surface area contributed by atoms with Gasteiger partial charge in [-0.15, -0.1) is 0 Å². The molecule has 0 atom stereocenters. The zero-order valence-corrected chi connectivity index (χ0v) is 12.5. The lowest BCUT2D eigenvalue weighted by Gasteiger charge is -2.11. The predicted molar refractivity (Wildman–Crippen MR) is 78.5 cm³/mol. The predicted octanol–water partition coefficient (Wildman–Crippen LogP) is 3.74. The average molecular weight is 355 g/mol. The van der Waals surface area contributed by atoms with E-state index in [4.69, 9.17) is 14.6 Å². The van der Waals surface area contributed by atoms with Crippen LogP contribution in [0.5, 0.6) is 11.5 Å². The van der Waals surface area contributed by atoms with Gasteiger partial charge in [-0.2, -0.15) is 0 Å². The molecule has 0 aromatic heterocycles. The van der Waals surface area contributed by atoms with E-state index in [1.54, 1.807) is 24.3 Å². The molecule has 0 fully saturated rings. The summed E-state index contributed by atoms with van der Waals surface area (Å²) in [7, 11) is 0. The third kappa shape index (κ3) is 4.19. The minimum Gasteiger partial charge on any atom is -0.489 e. The Balaban J connectivity index is 1.91. The van der Waals surface area contributed by atoms with Crippen molar-refractivity contribution in [1.82, 2.24) is 0 Å². The van der Waals surface area contributed by atoms with Crippen LogP contribution in [0.15, 0.2) is 46.9 Å². The van der Waals surface area contributed by atoms with Crippen molar-refractivity contribution in [1.29, 1.82) is 0 Å². The fourth-order valence-corrected chi connectivity index (χ4v) is 2.02.